The zero-order chi connectivity index (χ0) is 18.8. The summed E-state index contributed by atoms with van der Waals surface area (Å²) in [6, 6.07) is 11.6. The number of benzene rings is 1. The maximum atomic E-state index is 6.17. The van der Waals surface area contributed by atoms with Crippen LogP contribution in [0.4, 0.5) is 0 Å². The van der Waals surface area contributed by atoms with Crippen molar-refractivity contribution in [3.05, 3.63) is 35.9 Å². The van der Waals surface area contributed by atoms with Crippen LogP contribution in [0, 0.1) is 0 Å². The highest BCUT2D eigenvalue weighted by Gasteiger charge is 2.22. The van der Waals surface area contributed by atoms with Gasteiger partial charge in [-0.25, -0.2) is 0 Å². The number of guanidine groups is 1. The predicted molar refractivity (Wildman–Crippen MR) is 127 cm³/mol. The second kappa shape index (κ2) is 13.3. The molecule has 0 amide bonds. The number of halogens is 1. The van der Waals surface area contributed by atoms with Crippen molar-refractivity contribution in [3.8, 4) is 0 Å². The maximum Gasteiger partial charge on any atom is 0.188 e. The highest BCUT2D eigenvalue weighted by atomic mass is 127. The molecule has 1 aromatic carbocycles. The lowest BCUT2D eigenvalue weighted by molar-refractivity contribution is 0.220. The smallest absolute Gasteiger partial charge is 0.188 e. The summed E-state index contributed by atoms with van der Waals surface area (Å²) in [7, 11) is 0. The number of likely N-dealkylation sites (N-methyl/N-ethyl adjacent to an activating group) is 2. The Morgan fingerprint density at radius 2 is 1.96 bits per heavy atom. The third kappa shape index (κ3) is 7.95. The first kappa shape index (κ1) is 24.2. The van der Waals surface area contributed by atoms with E-state index in [-0.39, 0.29) is 24.0 Å². The van der Waals surface area contributed by atoms with Gasteiger partial charge in [-0.15, -0.1) is 24.0 Å². The van der Waals surface area contributed by atoms with Gasteiger partial charge in [-0.3, -0.25) is 14.8 Å². The normalized spacial score (nSPS) is 19.1. The molecule has 2 unspecified atom stereocenters. The monoisotopic (exact) mass is 487 g/mol. The van der Waals surface area contributed by atoms with Crippen LogP contribution in [0.25, 0.3) is 0 Å². The topological polar surface area (TPSA) is 56.9 Å². The van der Waals surface area contributed by atoms with E-state index in [1.165, 1.54) is 24.9 Å². The molecule has 0 aliphatic carbocycles. The van der Waals surface area contributed by atoms with Crippen molar-refractivity contribution in [1.29, 1.82) is 0 Å². The Morgan fingerprint density at radius 3 is 2.59 bits per heavy atom. The molecule has 1 aliphatic heterocycles. The zero-order valence-electron chi connectivity index (χ0n) is 17.2. The molecule has 1 aliphatic rings. The summed E-state index contributed by atoms with van der Waals surface area (Å²) < 4.78 is 0. The van der Waals surface area contributed by atoms with Gasteiger partial charge in [0.05, 0.1) is 6.54 Å². The minimum absolute atomic E-state index is 0. The van der Waals surface area contributed by atoms with Gasteiger partial charge in [0.25, 0.3) is 0 Å². The van der Waals surface area contributed by atoms with Crippen LogP contribution >= 0.6 is 24.0 Å². The number of likely N-dealkylation sites (tertiary alicyclic amines) is 1. The number of nitrogens with one attached hydrogen (secondary N) is 1. The quantitative estimate of drug-likeness (QED) is 0.303. The van der Waals surface area contributed by atoms with E-state index in [0.29, 0.717) is 18.0 Å². The Labute approximate surface area is 182 Å². The van der Waals surface area contributed by atoms with Crippen LogP contribution < -0.4 is 11.1 Å². The Morgan fingerprint density at radius 1 is 1.26 bits per heavy atom. The Hall–Kier alpha value is -0.860. The van der Waals surface area contributed by atoms with Crippen LogP contribution in [0.15, 0.2) is 35.3 Å². The summed E-state index contributed by atoms with van der Waals surface area (Å²) in [5, 5.41) is 3.35. The largest absolute Gasteiger partial charge is 0.370 e. The number of hydrogen-bond donors (Lipinski definition) is 2. The molecule has 5 nitrogen and oxygen atoms in total. The molecule has 2 atom stereocenters. The molecule has 0 bridgehead atoms. The molecule has 0 spiro atoms. The van der Waals surface area contributed by atoms with Gasteiger partial charge < -0.3 is 11.1 Å². The third-order valence-electron chi connectivity index (χ3n) is 5.54. The van der Waals surface area contributed by atoms with E-state index in [1.807, 2.05) is 0 Å². The molecule has 0 aromatic heterocycles. The van der Waals surface area contributed by atoms with Crippen molar-refractivity contribution in [1.82, 2.24) is 15.1 Å². The molecule has 1 heterocycles. The zero-order valence-corrected chi connectivity index (χ0v) is 19.6. The summed E-state index contributed by atoms with van der Waals surface area (Å²) in [5.74, 6) is 0.582. The van der Waals surface area contributed by atoms with Gasteiger partial charge in [0.15, 0.2) is 5.96 Å². The number of hydrogen-bond acceptors (Lipinski definition) is 3. The Balaban J connectivity index is 0.00000364. The minimum atomic E-state index is 0. The lowest BCUT2D eigenvalue weighted by atomic mass is 10.0. The van der Waals surface area contributed by atoms with Crippen molar-refractivity contribution in [2.75, 3.05) is 39.3 Å². The first-order valence-corrected chi connectivity index (χ1v) is 10.2. The first-order valence-electron chi connectivity index (χ1n) is 10.2. The standard InChI is InChI=1S/C21H37N5.HI/c1-4-25(5-2)20(15-18-11-8-7-9-12-18)17-24-21(22)23-16-19-13-10-14-26(19)6-3;/h7-9,11-12,19-20H,4-6,10,13-17H2,1-3H3,(H3,22,23,24);1H. The van der Waals surface area contributed by atoms with Crippen LogP contribution in [-0.4, -0.2) is 67.1 Å². The van der Waals surface area contributed by atoms with Crippen LogP contribution in [0.2, 0.25) is 0 Å². The van der Waals surface area contributed by atoms with Crippen molar-refractivity contribution in [3.63, 3.8) is 0 Å². The SMILES string of the molecule is CCN(CC)C(CN=C(N)NCC1CCCN1CC)Cc1ccccc1.I. The van der Waals surface area contributed by atoms with Crippen molar-refractivity contribution in [2.24, 2.45) is 10.7 Å². The fourth-order valence-corrected chi connectivity index (χ4v) is 3.96. The molecule has 1 saturated heterocycles. The van der Waals surface area contributed by atoms with E-state index < -0.39 is 0 Å². The first-order chi connectivity index (χ1) is 12.7. The van der Waals surface area contributed by atoms with Gasteiger partial charge in [-0.1, -0.05) is 51.1 Å². The van der Waals surface area contributed by atoms with Gasteiger partial charge in [0.1, 0.15) is 0 Å². The molecule has 2 rings (SSSR count). The molecule has 154 valence electrons. The average molecular weight is 487 g/mol. The average Bonchev–Trinajstić information content (AvgIpc) is 3.13. The molecule has 3 N–H and O–H groups in total. The van der Waals surface area contributed by atoms with E-state index in [1.54, 1.807) is 0 Å². The second-order valence-electron chi connectivity index (χ2n) is 7.10. The molecular formula is C21H38IN5. The molecule has 0 radical (unpaired) electrons. The van der Waals surface area contributed by atoms with E-state index in [2.05, 4.69) is 71.2 Å². The number of nitrogens with zero attached hydrogens (tertiary/aromatic N) is 3. The number of aliphatic imine (C=N–C) groups is 1. The van der Waals surface area contributed by atoms with E-state index >= 15 is 0 Å². The van der Waals surface area contributed by atoms with E-state index in [9.17, 15) is 0 Å². The lowest BCUT2D eigenvalue weighted by Crippen LogP contribution is -2.44. The van der Waals surface area contributed by atoms with E-state index in [0.717, 1.165) is 39.1 Å². The summed E-state index contributed by atoms with van der Waals surface area (Å²) in [6.07, 6.45) is 3.55. The Bertz CT molecular complexity index is 533. The summed E-state index contributed by atoms with van der Waals surface area (Å²) in [6.45, 7) is 12.7. The van der Waals surface area contributed by atoms with Crippen LogP contribution in [0.1, 0.15) is 39.2 Å². The molecule has 1 fully saturated rings. The van der Waals surface area contributed by atoms with Crippen molar-refractivity contribution in [2.45, 2.75) is 52.1 Å². The molecular weight excluding hydrogens is 449 g/mol. The fourth-order valence-electron chi connectivity index (χ4n) is 3.96. The molecule has 1 aromatic rings. The highest BCUT2D eigenvalue weighted by molar-refractivity contribution is 14.0. The fraction of sp³-hybridized carbons (Fsp3) is 0.667. The van der Waals surface area contributed by atoms with Gasteiger partial charge in [0, 0.05) is 18.6 Å². The second-order valence-corrected chi connectivity index (χ2v) is 7.10. The predicted octanol–water partition coefficient (Wildman–Crippen LogP) is 2.95. The molecule has 27 heavy (non-hydrogen) atoms. The van der Waals surface area contributed by atoms with Crippen LogP contribution in [0.5, 0.6) is 0 Å². The molecule has 6 heteroatoms. The summed E-state index contributed by atoms with van der Waals surface area (Å²) >= 11 is 0. The van der Waals surface area contributed by atoms with Crippen LogP contribution in [-0.2, 0) is 6.42 Å². The van der Waals surface area contributed by atoms with Gasteiger partial charge >= 0.3 is 0 Å². The van der Waals surface area contributed by atoms with E-state index in [4.69, 9.17) is 5.73 Å². The van der Waals surface area contributed by atoms with Crippen molar-refractivity contribution >= 4 is 29.9 Å². The Kier molecular flexibility index (Phi) is 11.9. The lowest BCUT2D eigenvalue weighted by Gasteiger charge is -2.29. The maximum absolute atomic E-state index is 6.17. The van der Waals surface area contributed by atoms with Crippen molar-refractivity contribution < 1.29 is 0 Å². The number of nitrogens with two attached hydrogens (primary N) is 1. The third-order valence-corrected chi connectivity index (χ3v) is 5.54. The summed E-state index contributed by atoms with van der Waals surface area (Å²) in [5.41, 5.74) is 7.52. The highest BCUT2D eigenvalue weighted by Crippen LogP contribution is 2.15. The minimum Gasteiger partial charge on any atom is -0.370 e. The van der Waals surface area contributed by atoms with Crippen LogP contribution in [0.3, 0.4) is 0 Å². The number of rotatable bonds is 10. The van der Waals surface area contributed by atoms with Gasteiger partial charge in [-0.05, 0) is 51.0 Å². The van der Waals surface area contributed by atoms with Gasteiger partial charge in [-0.2, -0.15) is 0 Å². The summed E-state index contributed by atoms with van der Waals surface area (Å²) in [4.78, 5) is 9.67. The molecule has 0 saturated carbocycles. The van der Waals surface area contributed by atoms with Gasteiger partial charge in [0.2, 0.25) is 0 Å².